The molecule has 0 radical (unpaired) electrons. The average Bonchev–Trinajstić information content (AvgIpc) is 2.52. The summed E-state index contributed by atoms with van der Waals surface area (Å²) in [7, 11) is 1.22. The van der Waals surface area contributed by atoms with Crippen molar-refractivity contribution >= 4 is 5.97 Å². The zero-order valence-corrected chi connectivity index (χ0v) is 12.0. The Morgan fingerprint density at radius 2 is 1.96 bits per heavy atom. The fourth-order valence-corrected chi connectivity index (χ4v) is 2.95. The van der Waals surface area contributed by atoms with Crippen LogP contribution in [0.4, 0.5) is 0 Å². The minimum Gasteiger partial charge on any atom is -0.504 e. The van der Waals surface area contributed by atoms with E-state index in [1.165, 1.54) is 7.11 Å². The Balaban J connectivity index is 2.16. The second-order valence-corrected chi connectivity index (χ2v) is 5.37. The van der Waals surface area contributed by atoms with Gasteiger partial charge < -0.3 is 39.7 Å². The third-order valence-corrected chi connectivity index (χ3v) is 4.09. The molecule has 0 saturated carbocycles. The summed E-state index contributed by atoms with van der Waals surface area (Å²) >= 11 is 0. The molecule has 0 aromatic heterocycles. The van der Waals surface area contributed by atoms with Crippen molar-refractivity contribution in [2.24, 2.45) is 0 Å². The van der Waals surface area contributed by atoms with E-state index in [4.69, 9.17) is 14.2 Å². The van der Waals surface area contributed by atoms with Crippen LogP contribution in [0.1, 0.15) is 22.0 Å². The highest BCUT2D eigenvalue weighted by atomic mass is 16.6. The highest BCUT2D eigenvalue weighted by Gasteiger charge is 2.52. The summed E-state index contributed by atoms with van der Waals surface area (Å²) in [5.41, 5.74) is -0.187. The molecule has 0 bridgehead atoms. The molecule has 1 saturated heterocycles. The van der Waals surface area contributed by atoms with Crippen molar-refractivity contribution in [2.75, 3.05) is 13.7 Å². The maximum Gasteiger partial charge on any atom is 0.339 e. The van der Waals surface area contributed by atoms with Crippen LogP contribution in [0.15, 0.2) is 6.07 Å². The number of hydrogen-bond acceptors (Lipinski definition) is 9. The van der Waals surface area contributed by atoms with Crippen LogP contribution in [0.25, 0.3) is 0 Å². The molecule has 9 heteroatoms. The Morgan fingerprint density at radius 1 is 1.26 bits per heavy atom. The highest BCUT2D eigenvalue weighted by molar-refractivity contribution is 5.95. The molecule has 5 N–H and O–H groups in total. The lowest BCUT2D eigenvalue weighted by molar-refractivity contribution is -0.235. The molecule has 126 valence electrons. The lowest BCUT2D eigenvalue weighted by Crippen LogP contribution is -2.58. The highest BCUT2D eigenvalue weighted by Crippen LogP contribution is 2.49. The van der Waals surface area contributed by atoms with E-state index in [9.17, 15) is 30.3 Å². The van der Waals surface area contributed by atoms with Crippen LogP contribution in [0.3, 0.4) is 0 Å². The van der Waals surface area contributed by atoms with Crippen molar-refractivity contribution < 1.29 is 44.5 Å². The van der Waals surface area contributed by atoms with Crippen molar-refractivity contribution in [3.05, 3.63) is 17.2 Å². The van der Waals surface area contributed by atoms with Crippen molar-refractivity contribution in [1.82, 2.24) is 0 Å². The Morgan fingerprint density at radius 3 is 2.57 bits per heavy atom. The number of aromatic hydroxyl groups is 2. The number of carbonyl (C=O) groups is 1. The summed E-state index contributed by atoms with van der Waals surface area (Å²) in [5, 5.41) is 49.3. The summed E-state index contributed by atoms with van der Waals surface area (Å²) in [6.45, 7) is -0.583. The van der Waals surface area contributed by atoms with E-state index >= 15 is 0 Å². The Kier molecular flexibility index (Phi) is 3.80. The van der Waals surface area contributed by atoms with Gasteiger partial charge in [-0.2, -0.15) is 0 Å². The van der Waals surface area contributed by atoms with Crippen molar-refractivity contribution in [2.45, 2.75) is 30.5 Å². The molecule has 1 aromatic rings. The first-order valence-corrected chi connectivity index (χ1v) is 6.87. The predicted molar refractivity (Wildman–Crippen MR) is 72.2 cm³/mol. The van der Waals surface area contributed by atoms with Crippen LogP contribution in [0.2, 0.25) is 0 Å². The monoisotopic (exact) mass is 328 g/mol. The first-order chi connectivity index (χ1) is 10.9. The molecule has 9 nitrogen and oxygen atoms in total. The number of phenols is 2. The topological polar surface area (TPSA) is 146 Å². The number of methoxy groups -OCH3 is 1. The van der Waals surface area contributed by atoms with Crippen LogP contribution in [0, 0.1) is 0 Å². The molecule has 2 aliphatic rings. The van der Waals surface area contributed by atoms with E-state index in [-0.39, 0.29) is 16.9 Å². The molecule has 23 heavy (non-hydrogen) atoms. The SMILES string of the molecule is COc1c(O)cc2c(c1O)[C@H]1O[C@@H](CO)[C@H](O)[C@@H](O)[C@@H]1OC2=O. The molecule has 2 heterocycles. The lowest BCUT2D eigenvalue weighted by atomic mass is 9.86. The number of hydrogen-bond donors (Lipinski definition) is 5. The molecule has 2 aliphatic heterocycles. The third kappa shape index (κ3) is 2.20. The second-order valence-electron chi connectivity index (χ2n) is 5.37. The molecule has 0 amide bonds. The molecule has 5 atom stereocenters. The first kappa shape index (κ1) is 15.8. The van der Waals surface area contributed by atoms with Crippen molar-refractivity contribution in [3.8, 4) is 17.2 Å². The van der Waals surface area contributed by atoms with Crippen LogP contribution in [-0.4, -0.2) is 69.6 Å². The van der Waals surface area contributed by atoms with Gasteiger partial charge in [-0.05, 0) is 6.07 Å². The van der Waals surface area contributed by atoms with Crippen LogP contribution in [-0.2, 0) is 9.47 Å². The zero-order valence-electron chi connectivity index (χ0n) is 12.0. The van der Waals surface area contributed by atoms with Gasteiger partial charge in [0.2, 0.25) is 5.75 Å². The summed E-state index contributed by atoms with van der Waals surface area (Å²) < 4.78 is 15.4. The minimum absolute atomic E-state index is 0.0368. The van der Waals surface area contributed by atoms with Crippen LogP contribution >= 0.6 is 0 Å². The largest absolute Gasteiger partial charge is 0.504 e. The molecule has 1 fully saturated rings. The smallest absolute Gasteiger partial charge is 0.339 e. The van der Waals surface area contributed by atoms with Gasteiger partial charge in [-0.1, -0.05) is 0 Å². The summed E-state index contributed by atoms with van der Waals surface area (Å²) in [6, 6.07) is 1.06. The fourth-order valence-electron chi connectivity index (χ4n) is 2.95. The number of ether oxygens (including phenoxy) is 3. The molecule has 1 aromatic carbocycles. The summed E-state index contributed by atoms with van der Waals surface area (Å²) in [5.74, 6) is -2.16. The van der Waals surface area contributed by atoms with E-state index in [1.807, 2.05) is 0 Å². The van der Waals surface area contributed by atoms with Crippen molar-refractivity contribution in [3.63, 3.8) is 0 Å². The van der Waals surface area contributed by atoms with Crippen LogP contribution in [0.5, 0.6) is 17.2 Å². The lowest BCUT2D eigenvalue weighted by Gasteiger charge is -2.44. The number of esters is 1. The number of fused-ring (bicyclic) bond motifs is 3. The van der Waals surface area contributed by atoms with Crippen molar-refractivity contribution in [1.29, 1.82) is 0 Å². The average molecular weight is 328 g/mol. The van der Waals surface area contributed by atoms with Gasteiger partial charge in [-0.15, -0.1) is 0 Å². The third-order valence-electron chi connectivity index (χ3n) is 4.09. The van der Waals surface area contributed by atoms with Gasteiger partial charge in [0, 0.05) is 5.56 Å². The quantitative estimate of drug-likeness (QED) is 0.422. The number of rotatable bonds is 2. The van der Waals surface area contributed by atoms with E-state index in [0.29, 0.717) is 0 Å². The van der Waals surface area contributed by atoms with Gasteiger partial charge in [-0.25, -0.2) is 4.79 Å². The molecular formula is C14H16O9. The summed E-state index contributed by atoms with van der Waals surface area (Å²) in [6.07, 6.45) is -6.50. The van der Waals surface area contributed by atoms with E-state index in [0.717, 1.165) is 6.07 Å². The van der Waals surface area contributed by atoms with Gasteiger partial charge >= 0.3 is 5.97 Å². The maximum atomic E-state index is 12.1. The number of aliphatic hydroxyl groups excluding tert-OH is 3. The van der Waals surface area contributed by atoms with E-state index in [1.54, 1.807) is 0 Å². The Hall–Kier alpha value is -2.07. The number of carbonyl (C=O) groups excluding carboxylic acids is 1. The van der Waals surface area contributed by atoms with E-state index < -0.39 is 54.6 Å². The first-order valence-electron chi connectivity index (χ1n) is 6.87. The number of phenolic OH excluding ortho intramolecular Hbond substituents is 2. The van der Waals surface area contributed by atoms with Crippen LogP contribution < -0.4 is 4.74 Å². The predicted octanol–water partition coefficient (Wildman–Crippen LogP) is -1.20. The maximum absolute atomic E-state index is 12.1. The Labute approximate surface area is 130 Å². The molecule has 0 unspecified atom stereocenters. The summed E-state index contributed by atoms with van der Waals surface area (Å²) in [4.78, 5) is 12.1. The molecular weight excluding hydrogens is 312 g/mol. The number of aliphatic hydroxyl groups is 3. The standard InChI is InChI=1S/C14H16O9/c1-21-11-5(16)2-4-7(9(11)18)12-13(23-14(4)20)10(19)8(17)6(3-15)22-12/h2,6,8,10,12-13,15-19H,3H2,1H3/t6-,8-,10+,12+,13-/m0/s1. The molecule has 0 spiro atoms. The normalized spacial score (nSPS) is 32.7. The van der Waals surface area contributed by atoms with Gasteiger partial charge in [0.05, 0.1) is 19.3 Å². The molecule has 0 aliphatic carbocycles. The Bertz CT molecular complexity index is 644. The number of benzene rings is 1. The minimum atomic E-state index is -1.51. The second kappa shape index (κ2) is 5.53. The van der Waals surface area contributed by atoms with E-state index in [2.05, 4.69) is 0 Å². The zero-order chi connectivity index (χ0) is 16.9. The van der Waals surface area contributed by atoms with Gasteiger partial charge in [0.25, 0.3) is 0 Å². The molecule has 3 rings (SSSR count). The van der Waals surface area contributed by atoms with Gasteiger partial charge in [0.1, 0.15) is 24.4 Å². The van der Waals surface area contributed by atoms with Gasteiger partial charge in [0.15, 0.2) is 17.6 Å². The fraction of sp³-hybridized carbons (Fsp3) is 0.500. The van der Waals surface area contributed by atoms with Gasteiger partial charge in [-0.3, -0.25) is 0 Å².